The molecule has 0 aliphatic rings. The fourth-order valence-corrected chi connectivity index (χ4v) is 10.5. The Hall–Kier alpha value is -4.67. The van der Waals surface area contributed by atoms with Gasteiger partial charge >= 0.3 is 5.56 Å². The molecule has 0 radical (unpaired) electrons. The van der Waals surface area contributed by atoms with Crippen molar-refractivity contribution in [3.05, 3.63) is 136 Å². The second-order valence-corrected chi connectivity index (χ2v) is 16.4. The zero-order chi connectivity index (χ0) is 32.9. The van der Waals surface area contributed by atoms with E-state index in [1.165, 1.54) is 19.2 Å². The molecule has 5 aromatic rings. The van der Waals surface area contributed by atoms with Gasteiger partial charge in [-0.15, -0.1) is 0 Å². The highest BCUT2D eigenvalue weighted by molar-refractivity contribution is 6.99. The van der Waals surface area contributed by atoms with Gasteiger partial charge in [0.2, 0.25) is 11.8 Å². The molecule has 0 aliphatic carbocycles. The summed E-state index contributed by atoms with van der Waals surface area (Å²) in [6.45, 7) is 8.32. The predicted molar refractivity (Wildman–Crippen MR) is 180 cm³/mol. The molecule has 3 aromatic carbocycles. The number of H-pyrrole nitrogens is 1. The van der Waals surface area contributed by atoms with Crippen LogP contribution in [0.4, 0.5) is 20.4 Å². The number of nitrogens with one attached hydrogen (secondary N) is 2. The van der Waals surface area contributed by atoms with Gasteiger partial charge in [-0.2, -0.15) is 9.37 Å². The number of nitrogens with zero attached hydrogens (tertiary/aromatic N) is 2. The van der Waals surface area contributed by atoms with Gasteiger partial charge < -0.3 is 19.5 Å². The van der Waals surface area contributed by atoms with Crippen molar-refractivity contribution in [3.8, 4) is 5.75 Å². The van der Waals surface area contributed by atoms with E-state index in [2.05, 4.69) is 65.3 Å². The summed E-state index contributed by atoms with van der Waals surface area (Å²) < 4.78 is 42.1. The normalized spacial score (nSPS) is 12.5. The smallest absolute Gasteiger partial charge is 0.310 e. The van der Waals surface area contributed by atoms with Crippen LogP contribution in [-0.2, 0) is 10.8 Å². The SMILES string of the molecule is COc1cnc(C)c(Nc2nc(=O)c(F)c(CCC(O[Si](c3ccccc3)(c3ccccc3)C(C)(C)C)c3ccc(F)cc3)[nH]2)c1. The van der Waals surface area contributed by atoms with Crippen LogP contribution < -0.4 is 26.0 Å². The number of methoxy groups -OCH3 is 1. The second kappa shape index (κ2) is 13.8. The number of hydrogen-bond donors (Lipinski definition) is 2. The minimum atomic E-state index is -3.05. The van der Waals surface area contributed by atoms with Gasteiger partial charge in [-0.25, -0.2) is 4.39 Å². The summed E-state index contributed by atoms with van der Waals surface area (Å²) in [5, 5.41) is 4.87. The fourth-order valence-electron chi connectivity index (χ4n) is 5.77. The molecular formula is C36H38F2N4O3Si. The maximum atomic E-state index is 15.3. The standard InChI is InChI=1S/C36H38F2N4O3Si/c1-24-31(22-27(44-5)23-39-24)41-35-40-30(33(38)34(43)42-35)20-21-32(25-16-18-26(37)19-17-25)45-46(36(2,3)4,28-12-8-6-9-13-28)29-14-10-7-11-15-29/h6-19,22-23,32H,20-21H2,1-5H3,(H2,40,41,42,43). The van der Waals surface area contributed by atoms with Crippen LogP contribution in [0.1, 0.15) is 50.2 Å². The van der Waals surface area contributed by atoms with Crippen molar-refractivity contribution in [2.75, 3.05) is 12.4 Å². The van der Waals surface area contributed by atoms with E-state index >= 15 is 4.39 Å². The molecule has 1 atom stereocenters. The summed E-state index contributed by atoms with van der Waals surface area (Å²) in [4.78, 5) is 23.8. The fraction of sp³-hybridized carbons (Fsp3) is 0.250. The van der Waals surface area contributed by atoms with E-state index in [1.807, 2.05) is 36.4 Å². The quantitative estimate of drug-likeness (QED) is 0.155. The summed E-state index contributed by atoms with van der Waals surface area (Å²) >= 11 is 0. The molecule has 1 unspecified atom stereocenters. The van der Waals surface area contributed by atoms with Crippen LogP contribution >= 0.6 is 0 Å². The molecule has 0 bridgehead atoms. The van der Waals surface area contributed by atoms with E-state index in [0.717, 1.165) is 15.9 Å². The lowest BCUT2D eigenvalue weighted by atomic mass is 10.0. The van der Waals surface area contributed by atoms with E-state index < -0.39 is 25.8 Å². The molecule has 0 saturated carbocycles. The first-order valence-corrected chi connectivity index (χ1v) is 17.0. The second-order valence-electron chi connectivity index (χ2n) is 12.2. The zero-order valence-electron chi connectivity index (χ0n) is 26.6. The maximum Gasteiger partial charge on any atom is 0.310 e. The Morgan fingerprint density at radius 3 is 2.11 bits per heavy atom. The first kappa shape index (κ1) is 32.7. The van der Waals surface area contributed by atoms with Crippen LogP contribution in [0.2, 0.25) is 5.04 Å². The number of pyridine rings is 1. The Kier molecular flexibility index (Phi) is 9.78. The van der Waals surface area contributed by atoms with Crippen LogP contribution in [0, 0.1) is 18.6 Å². The molecule has 5 rings (SSSR count). The van der Waals surface area contributed by atoms with Crippen molar-refractivity contribution in [1.29, 1.82) is 0 Å². The zero-order valence-corrected chi connectivity index (χ0v) is 27.6. The van der Waals surface area contributed by atoms with Gasteiger partial charge in [0.15, 0.2) is 0 Å². The summed E-state index contributed by atoms with van der Waals surface area (Å²) in [6.07, 6.45) is 1.43. The maximum absolute atomic E-state index is 15.3. The van der Waals surface area contributed by atoms with Crippen molar-refractivity contribution >= 4 is 30.3 Å². The number of rotatable bonds is 11. The van der Waals surface area contributed by atoms with Gasteiger partial charge in [0.1, 0.15) is 11.6 Å². The molecule has 2 aromatic heterocycles. The molecule has 0 amide bonds. The number of ether oxygens (including phenoxy) is 1. The Labute approximate surface area is 268 Å². The molecule has 2 N–H and O–H groups in total. The molecular weight excluding hydrogens is 603 g/mol. The van der Waals surface area contributed by atoms with Gasteiger partial charge in [0.25, 0.3) is 8.32 Å². The molecule has 0 fully saturated rings. The van der Waals surface area contributed by atoms with Crippen LogP contribution in [-0.4, -0.2) is 30.4 Å². The highest BCUT2D eigenvalue weighted by Gasteiger charge is 2.51. The van der Waals surface area contributed by atoms with Gasteiger partial charge in [0.05, 0.1) is 36.5 Å². The summed E-state index contributed by atoms with van der Waals surface area (Å²) in [5.41, 5.74) is 1.04. The predicted octanol–water partition coefficient (Wildman–Crippen LogP) is 6.75. The highest BCUT2D eigenvalue weighted by Crippen LogP contribution is 2.41. The molecule has 2 heterocycles. The van der Waals surface area contributed by atoms with Gasteiger partial charge in [-0.1, -0.05) is 93.6 Å². The van der Waals surface area contributed by atoms with E-state index in [-0.39, 0.29) is 28.9 Å². The third-order valence-corrected chi connectivity index (χ3v) is 13.2. The number of aromatic amines is 1. The first-order chi connectivity index (χ1) is 22.0. The summed E-state index contributed by atoms with van der Waals surface area (Å²) in [6, 6.07) is 28.3. The summed E-state index contributed by atoms with van der Waals surface area (Å²) in [5.74, 6) is -0.740. The average molecular weight is 641 g/mol. The lowest BCUT2D eigenvalue weighted by Gasteiger charge is -2.45. The number of anilines is 2. The Balaban J connectivity index is 1.55. The van der Waals surface area contributed by atoms with Gasteiger partial charge in [-0.05, 0) is 52.9 Å². The molecule has 0 saturated heterocycles. The van der Waals surface area contributed by atoms with E-state index in [0.29, 0.717) is 23.6 Å². The number of halogens is 2. The third kappa shape index (κ3) is 6.93. The average Bonchev–Trinajstić information content (AvgIpc) is 3.05. The Morgan fingerprint density at radius 1 is 0.935 bits per heavy atom. The lowest BCUT2D eigenvalue weighted by molar-refractivity contribution is 0.180. The number of aromatic nitrogens is 3. The van der Waals surface area contributed by atoms with Crippen LogP contribution in [0.5, 0.6) is 5.75 Å². The largest absolute Gasteiger partial charge is 0.495 e. The van der Waals surface area contributed by atoms with Gasteiger partial charge in [0, 0.05) is 6.07 Å². The van der Waals surface area contributed by atoms with Crippen molar-refractivity contribution in [3.63, 3.8) is 0 Å². The number of hydrogen-bond acceptors (Lipinski definition) is 6. The summed E-state index contributed by atoms with van der Waals surface area (Å²) in [7, 11) is -1.53. The van der Waals surface area contributed by atoms with Gasteiger partial charge in [-0.3, -0.25) is 9.78 Å². The van der Waals surface area contributed by atoms with E-state index in [1.54, 1.807) is 31.3 Å². The number of aryl methyl sites for hydroxylation is 2. The first-order valence-electron chi connectivity index (χ1n) is 15.1. The van der Waals surface area contributed by atoms with Crippen molar-refractivity contribution in [2.45, 2.75) is 51.7 Å². The lowest BCUT2D eigenvalue weighted by Crippen LogP contribution is -2.66. The van der Waals surface area contributed by atoms with E-state index in [4.69, 9.17) is 9.16 Å². The molecule has 10 heteroatoms. The van der Waals surface area contributed by atoms with Crippen molar-refractivity contribution < 1.29 is 17.9 Å². The minimum absolute atomic E-state index is 0.0748. The molecule has 0 spiro atoms. The minimum Gasteiger partial charge on any atom is -0.495 e. The Morgan fingerprint density at radius 2 is 1.54 bits per heavy atom. The number of benzene rings is 3. The molecule has 0 aliphatic heterocycles. The van der Waals surface area contributed by atoms with E-state index in [9.17, 15) is 9.18 Å². The van der Waals surface area contributed by atoms with Crippen LogP contribution in [0.15, 0.2) is 102 Å². The Bertz CT molecular complexity index is 1790. The topological polar surface area (TPSA) is 89.1 Å². The monoisotopic (exact) mass is 640 g/mol. The highest BCUT2D eigenvalue weighted by atomic mass is 28.4. The van der Waals surface area contributed by atoms with Crippen molar-refractivity contribution in [2.24, 2.45) is 0 Å². The third-order valence-electron chi connectivity index (χ3n) is 8.12. The molecule has 238 valence electrons. The van der Waals surface area contributed by atoms with Crippen LogP contribution in [0.3, 0.4) is 0 Å². The van der Waals surface area contributed by atoms with Crippen LogP contribution in [0.25, 0.3) is 0 Å². The molecule has 7 nitrogen and oxygen atoms in total. The van der Waals surface area contributed by atoms with Crippen molar-refractivity contribution in [1.82, 2.24) is 15.0 Å². The molecule has 46 heavy (non-hydrogen) atoms.